The van der Waals surface area contributed by atoms with E-state index in [2.05, 4.69) is 4.98 Å². The number of amides is 1. The zero-order valence-electron chi connectivity index (χ0n) is 13.9. The first kappa shape index (κ1) is 17.2. The summed E-state index contributed by atoms with van der Waals surface area (Å²) in [4.78, 5) is 29.7. The smallest absolute Gasteiger partial charge is 0.326 e. The maximum absolute atomic E-state index is 12.6. The summed E-state index contributed by atoms with van der Waals surface area (Å²) in [6, 6.07) is 12.4. The van der Waals surface area contributed by atoms with Crippen molar-refractivity contribution in [2.45, 2.75) is 18.9 Å². The zero-order chi connectivity index (χ0) is 18.3. The molecular weight excluding hydrogens is 373 g/mol. The predicted molar refractivity (Wildman–Crippen MR) is 103 cm³/mol. The molecule has 0 radical (unpaired) electrons. The molecule has 0 atom stereocenters. The summed E-state index contributed by atoms with van der Waals surface area (Å²) in [5, 5.41) is 1.20. The number of imidazole rings is 1. The molecule has 0 bridgehead atoms. The first-order valence-electron chi connectivity index (χ1n) is 8.47. The van der Waals surface area contributed by atoms with Crippen molar-refractivity contribution in [2.75, 3.05) is 13.1 Å². The van der Waals surface area contributed by atoms with Crippen LogP contribution in [0.5, 0.6) is 0 Å². The topological polar surface area (TPSA) is 58.1 Å². The van der Waals surface area contributed by atoms with E-state index >= 15 is 0 Å². The van der Waals surface area contributed by atoms with Crippen LogP contribution in [0.2, 0.25) is 10.0 Å². The third kappa shape index (κ3) is 3.13. The number of fused-ring (bicyclic) bond motifs is 1. The number of H-pyrrole nitrogens is 1. The summed E-state index contributed by atoms with van der Waals surface area (Å²) in [5.41, 5.74) is 2.08. The van der Waals surface area contributed by atoms with E-state index in [1.807, 2.05) is 11.0 Å². The molecular formula is C19H17Cl2N3O2. The van der Waals surface area contributed by atoms with Gasteiger partial charge in [0.2, 0.25) is 0 Å². The average Bonchev–Trinajstić information content (AvgIpc) is 2.96. The summed E-state index contributed by atoms with van der Waals surface area (Å²) in [5.74, 6) is -0.00169. The molecule has 134 valence electrons. The second kappa shape index (κ2) is 6.82. The van der Waals surface area contributed by atoms with Crippen LogP contribution < -0.4 is 5.69 Å². The first-order valence-corrected chi connectivity index (χ1v) is 9.23. The summed E-state index contributed by atoms with van der Waals surface area (Å²) >= 11 is 11.9. The third-order valence-corrected chi connectivity index (χ3v) is 5.37. The molecule has 1 aliphatic heterocycles. The Kier molecular flexibility index (Phi) is 4.51. The molecule has 2 aromatic carbocycles. The maximum Gasteiger partial charge on any atom is 0.326 e. The molecule has 2 heterocycles. The van der Waals surface area contributed by atoms with Crippen molar-refractivity contribution in [3.05, 3.63) is 68.6 Å². The molecule has 1 amide bonds. The molecule has 1 aliphatic rings. The molecule has 1 fully saturated rings. The lowest BCUT2D eigenvalue weighted by Gasteiger charge is -2.32. The van der Waals surface area contributed by atoms with Gasteiger partial charge in [0, 0.05) is 34.7 Å². The van der Waals surface area contributed by atoms with Crippen molar-refractivity contribution in [1.82, 2.24) is 14.5 Å². The van der Waals surface area contributed by atoms with Crippen LogP contribution in [-0.2, 0) is 0 Å². The summed E-state index contributed by atoms with van der Waals surface area (Å²) in [6.07, 6.45) is 1.46. The fourth-order valence-corrected chi connectivity index (χ4v) is 3.87. The van der Waals surface area contributed by atoms with Crippen molar-refractivity contribution in [2.24, 2.45) is 0 Å². The van der Waals surface area contributed by atoms with Crippen LogP contribution in [0.3, 0.4) is 0 Å². The largest absolute Gasteiger partial charge is 0.338 e. The van der Waals surface area contributed by atoms with E-state index in [0.717, 1.165) is 23.9 Å². The summed E-state index contributed by atoms with van der Waals surface area (Å²) < 4.78 is 1.79. The number of hydrogen-bond acceptors (Lipinski definition) is 2. The van der Waals surface area contributed by atoms with E-state index in [1.54, 1.807) is 41.0 Å². The van der Waals surface area contributed by atoms with E-state index in [4.69, 9.17) is 23.2 Å². The molecule has 0 spiro atoms. The lowest BCUT2D eigenvalue weighted by Crippen LogP contribution is -2.40. The molecule has 7 heteroatoms. The van der Waals surface area contributed by atoms with E-state index in [-0.39, 0.29) is 17.6 Å². The normalized spacial score (nSPS) is 15.5. The summed E-state index contributed by atoms with van der Waals surface area (Å²) in [7, 11) is 0. The van der Waals surface area contributed by atoms with Crippen molar-refractivity contribution >= 4 is 40.1 Å². The number of benzene rings is 2. The number of aromatic nitrogens is 2. The van der Waals surface area contributed by atoms with Gasteiger partial charge in [0.1, 0.15) is 0 Å². The highest BCUT2D eigenvalue weighted by Crippen LogP contribution is 2.27. The van der Waals surface area contributed by atoms with Crippen LogP contribution in [0.15, 0.2) is 47.3 Å². The fraction of sp³-hybridized carbons (Fsp3) is 0.263. The van der Waals surface area contributed by atoms with Crippen molar-refractivity contribution < 1.29 is 4.79 Å². The highest BCUT2D eigenvalue weighted by atomic mass is 35.5. The van der Waals surface area contributed by atoms with Gasteiger partial charge in [-0.2, -0.15) is 0 Å². The minimum atomic E-state index is -0.134. The second-order valence-electron chi connectivity index (χ2n) is 6.49. The molecule has 0 saturated carbocycles. The Morgan fingerprint density at radius 2 is 1.65 bits per heavy atom. The Morgan fingerprint density at radius 3 is 2.35 bits per heavy atom. The highest BCUT2D eigenvalue weighted by Gasteiger charge is 2.26. The Balaban J connectivity index is 1.52. The Labute approximate surface area is 160 Å². The van der Waals surface area contributed by atoms with Gasteiger partial charge in [-0.25, -0.2) is 4.79 Å². The van der Waals surface area contributed by atoms with E-state index in [1.165, 1.54) is 0 Å². The van der Waals surface area contributed by atoms with Gasteiger partial charge in [-0.1, -0.05) is 23.2 Å². The van der Waals surface area contributed by atoms with Crippen molar-refractivity contribution in [3.8, 4) is 0 Å². The average molecular weight is 390 g/mol. The molecule has 3 aromatic rings. The lowest BCUT2D eigenvalue weighted by molar-refractivity contribution is 0.0695. The standard InChI is InChI=1S/C19H17Cl2N3O2/c20-13-3-1-12(2-4-13)18(25)23-9-7-15(8-10-23)24-17-6-5-14(21)11-16(17)22-19(24)26/h1-6,11,15H,7-10H2,(H,22,26). The fourth-order valence-electron chi connectivity index (χ4n) is 3.57. The zero-order valence-corrected chi connectivity index (χ0v) is 15.4. The van der Waals surface area contributed by atoms with Gasteiger partial charge >= 0.3 is 5.69 Å². The van der Waals surface area contributed by atoms with E-state index in [9.17, 15) is 9.59 Å². The van der Waals surface area contributed by atoms with Gasteiger partial charge in [-0.05, 0) is 55.3 Å². The Bertz CT molecular complexity index is 1020. The first-order chi connectivity index (χ1) is 12.5. The number of rotatable bonds is 2. The van der Waals surface area contributed by atoms with Gasteiger partial charge in [-0.3, -0.25) is 9.36 Å². The van der Waals surface area contributed by atoms with Crippen molar-refractivity contribution in [1.29, 1.82) is 0 Å². The molecule has 1 N–H and O–H groups in total. The van der Waals surface area contributed by atoms with Gasteiger partial charge in [0.05, 0.1) is 11.0 Å². The number of aromatic amines is 1. The molecule has 0 aliphatic carbocycles. The van der Waals surface area contributed by atoms with Gasteiger partial charge in [0.15, 0.2) is 0 Å². The molecule has 0 unspecified atom stereocenters. The lowest BCUT2D eigenvalue weighted by atomic mass is 10.0. The molecule has 26 heavy (non-hydrogen) atoms. The van der Waals surface area contributed by atoms with Crippen LogP contribution in [-0.4, -0.2) is 33.4 Å². The molecule has 1 aromatic heterocycles. The monoisotopic (exact) mass is 389 g/mol. The summed E-state index contributed by atoms with van der Waals surface area (Å²) in [6.45, 7) is 1.22. The van der Waals surface area contributed by atoms with Crippen LogP contribution in [0.25, 0.3) is 11.0 Å². The van der Waals surface area contributed by atoms with E-state index < -0.39 is 0 Å². The molecule has 4 rings (SSSR count). The second-order valence-corrected chi connectivity index (χ2v) is 7.36. The number of hydrogen-bond donors (Lipinski definition) is 1. The minimum Gasteiger partial charge on any atom is -0.338 e. The van der Waals surface area contributed by atoms with E-state index in [0.29, 0.717) is 28.7 Å². The SMILES string of the molecule is O=C(c1ccc(Cl)cc1)N1CCC(n2c(=O)[nH]c3cc(Cl)ccc32)CC1. The Morgan fingerprint density at radius 1 is 1.00 bits per heavy atom. The number of nitrogens with one attached hydrogen (secondary N) is 1. The number of halogens is 2. The highest BCUT2D eigenvalue weighted by molar-refractivity contribution is 6.31. The number of carbonyl (C=O) groups excluding carboxylic acids is 1. The number of carbonyl (C=O) groups is 1. The van der Waals surface area contributed by atoms with Crippen LogP contribution in [0.1, 0.15) is 29.2 Å². The van der Waals surface area contributed by atoms with Crippen molar-refractivity contribution in [3.63, 3.8) is 0 Å². The number of piperidine rings is 1. The number of nitrogens with zero attached hydrogens (tertiary/aromatic N) is 2. The maximum atomic E-state index is 12.6. The third-order valence-electron chi connectivity index (χ3n) is 4.89. The quantitative estimate of drug-likeness (QED) is 0.716. The van der Waals surface area contributed by atoms with Gasteiger partial charge in [-0.15, -0.1) is 0 Å². The van der Waals surface area contributed by atoms with Crippen LogP contribution in [0.4, 0.5) is 0 Å². The van der Waals surface area contributed by atoms with Gasteiger partial charge in [0.25, 0.3) is 5.91 Å². The van der Waals surface area contributed by atoms with Gasteiger partial charge < -0.3 is 9.88 Å². The predicted octanol–water partition coefficient (Wildman–Crippen LogP) is 4.11. The Hall–Kier alpha value is -2.24. The minimum absolute atomic E-state index is 0.00169. The molecule has 5 nitrogen and oxygen atoms in total. The van der Waals surface area contributed by atoms with Crippen LogP contribution in [0, 0.1) is 0 Å². The van der Waals surface area contributed by atoms with Crippen LogP contribution >= 0.6 is 23.2 Å². The molecule has 1 saturated heterocycles. The number of likely N-dealkylation sites (tertiary alicyclic amines) is 1.